The van der Waals surface area contributed by atoms with Crippen LogP contribution in [-0.4, -0.2) is 61.2 Å². The van der Waals surface area contributed by atoms with E-state index in [1.807, 2.05) is 0 Å². The van der Waals surface area contributed by atoms with Crippen molar-refractivity contribution in [2.45, 2.75) is 12.8 Å². The van der Waals surface area contributed by atoms with E-state index >= 15 is 0 Å². The van der Waals surface area contributed by atoms with Gasteiger partial charge in [-0.2, -0.15) is 4.98 Å². The highest BCUT2D eigenvalue weighted by atomic mass is 79.9. The highest BCUT2D eigenvalue weighted by molar-refractivity contribution is 9.10. The zero-order chi connectivity index (χ0) is 14.4. The lowest BCUT2D eigenvalue weighted by Gasteiger charge is -2.34. The minimum Gasteiger partial charge on any atom is -0.480 e. The predicted molar refractivity (Wildman–Crippen MR) is 83.2 cm³/mol. The second-order valence-corrected chi connectivity index (χ2v) is 5.71. The lowest BCUT2D eigenvalue weighted by Crippen LogP contribution is -2.47. The number of unbranched alkanes of at least 4 members (excludes halogenated alkanes) is 1. The average Bonchev–Trinajstić information content (AvgIpc) is 2.49. The molecular formula is C13H22BrN5O. The van der Waals surface area contributed by atoms with Crippen LogP contribution in [0.15, 0.2) is 10.7 Å². The maximum atomic E-state index is 5.52. The van der Waals surface area contributed by atoms with Crippen LogP contribution in [0.4, 0.5) is 5.95 Å². The SMILES string of the molecule is COc1nc(N2CCN(CCCCN)CC2)ncc1Br. The fourth-order valence-electron chi connectivity index (χ4n) is 2.29. The van der Waals surface area contributed by atoms with Crippen LogP contribution in [0.1, 0.15) is 12.8 Å². The molecule has 0 aromatic carbocycles. The van der Waals surface area contributed by atoms with Crippen molar-refractivity contribution in [1.82, 2.24) is 14.9 Å². The first-order valence-electron chi connectivity index (χ1n) is 6.98. The highest BCUT2D eigenvalue weighted by Crippen LogP contribution is 2.23. The summed E-state index contributed by atoms with van der Waals surface area (Å²) >= 11 is 3.37. The molecule has 1 aromatic rings. The molecule has 0 aliphatic carbocycles. The summed E-state index contributed by atoms with van der Waals surface area (Å²) in [6.45, 7) is 5.92. The third kappa shape index (κ3) is 4.04. The predicted octanol–water partition coefficient (Wildman–Crippen LogP) is 1.11. The summed E-state index contributed by atoms with van der Waals surface area (Å²) in [5.74, 6) is 1.33. The lowest BCUT2D eigenvalue weighted by atomic mass is 10.2. The maximum Gasteiger partial charge on any atom is 0.232 e. The highest BCUT2D eigenvalue weighted by Gasteiger charge is 2.19. The van der Waals surface area contributed by atoms with Crippen molar-refractivity contribution in [3.05, 3.63) is 10.7 Å². The molecule has 1 aliphatic heterocycles. The Balaban J connectivity index is 1.87. The van der Waals surface area contributed by atoms with Crippen LogP contribution in [0.3, 0.4) is 0 Å². The van der Waals surface area contributed by atoms with Gasteiger partial charge in [-0.05, 0) is 41.9 Å². The first-order chi connectivity index (χ1) is 9.74. The lowest BCUT2D eigenvalue weighted by molar-refractivity contribution is 0.252. The number of hydrogen-bond acceptors (Lipinski definition) is 6. The number of halogens is 1. The molecule has 1 aliphatic rings. The van der Waals surface area contributed by atoms with Gasteiger partial charge in [0.25, 0.3) is 0 Å². The molecule has 0 amide bonds. The number of hydrogen-bond donors (Lipinski definition) is 1. The van der Waals surface area contributed by atoms with E-state index < -0.39 is 0 Å². The summed E-state index contributed by atoms with van der Waals surface area (Å²) in [5.41, 5.74) is 5.52. The number of anilines is 1. The van der Waals surface area contributed by atoms with E-state index in [1.54, 1.807) is 13.3 Å². The van der Waals surface area contributed by atoms with E-state index in [2.05, 4.69) is 35.7 Å². The van der Waals surface area contributed by atoms with Crippen LogP contribution in [-0.2, 0) is 0 Å². The Morgan fingerprint density at radius 2 is 2.05 bits per heavy atom. The Labute approximate surface area is 128 Å². The molecule has 1 fully saturated rings. The van der Waals surface area contributed by atoms with Gasteiger partial charge in [0, 0.05) is 26.2 Å². The number of nitrogens with two attached hydrogens (primary N) is 1. The van der Waals surface area contributed by atoms with Gasteiger partial charge in [-0.3, -0.25) is 4.90 Å². The van der Waals surface area contributed by atoms with E-state index in [1.165, 1.54) is 6.42 Å². The molecule has 0 unspecified atom stereocenters. The van der Waals surface area contributed by atoms with Gasteiger partial charge in [-0.15, -0.1) is 0 Å². The molecular weight excluding hydrogens is 322 g/mol. The van der Waals surface area contributed by atoms with Gasteiger partial charge in [-0.25, -0.2) is 4.98 Å². The number of nitrogens with zero attached hydrogens (tertiary/aromatic N) is 4. The summed E-state index contributed by atoms with van der Waals surface area (Å²) < 4.78 is 6.00. The zero-order valence-corrected chi connectivity index (χ0v) is 13.5. The Morgan fingerprint density at radius 3 is 2.70 bits per heavy atom. The molecule has 1 saturated heterocycles. The number of aromatic nitrogens is 2. The molecule has 112 valence electrons. The van der Waals surface area contributed by atoms with E-state index in [0.29, 0.717) is 5.88 Å². The Bertz CT molecular complexity index is 423. The molecule has 0 saturated carbocycles. The van der Waals surface area contributed by atoms with Gasteiger partial charge in [0.05, 0.1) is 17.8 Å². The van der Waals surface area contributed by atoms with Crippen molar-refractivity contribution < 1.29 is 4.74 Å². The number of piperazine rings is 1. The normalized spacial score (nSPS) is 16.4. The Morgan fingerprint density at radius 1 is 1.30 bits per heavy atom. The quantitative estimate of drug-likeness (QED) is 0.780. The summed E-state index contributed by atoms with van der Waals surface area (Å²) in [6, 6.07) is 0. The third-order valence-electron chi connectivity index (χ3n) is 3.48. The monoisotopic (exact) mass is 343 g/mol. The van der Waals surface area contributed by atoms with Crippen molar-refractivity contribution in [2.24, 2.45) is 5.73 Å². The number of methoxy groups -OCH3 is 1. The van der Waals surface area contributed by atoms with Gasteiger partial charge >= 0.3 is 0 Å². The van der Waals surface area contributed by atoms with Crippen molar-refractivity contribution in [1.29, 1.82) is 0 Å². The van der Waals surface area contributed by atoms with Crippen LogP contribution in [0, 0.1) is 0 Å². The Kier molecular flexibility index (Phi) is 6.00. The maximum absolute atomic E-state index is 5.52. The first kappa shape index (κ1) is 15.5. The van der Waals surface area contributed by atoms with E-state index in [0.717, 1.165) is 56.1 Å². The van der Waals surface area contributed by atoms with Gasteiger partial charge in [0.1, 0.15) is 0 Å². The molecule has 0 atom stereocenters. The van der Waals surface area contributed by atoms with Gasteiger partial charge < -0.3 is 15.4 Å². The van der Waals surface area contributed by atoms with E-state index in [4.69, 9.17) is 10.5 Å². The molecule has 20 heavy (non-hydrogen) atoms. The zero-order valence-electron chi connectivity index (χ0n) is 11.9. The van der Waals surface area contributed by atoms with Gasteiger partial charge in [-0.1, -0.05) is 0 Å². The van der Waals surface area contributed by atoms with Crippen molar-refractivity contribution in [2.75, 3.05) is 51.3 Å². The van der Waals surface area contributed by atoms with Gasteiger partial charge in [0.2, 0.25) is 11.8 Å². The van der Waals surface area contributed by atoms with Gasteiger partial charge in [0.15, 0.2) is 0 Å². The van der Waals surface area contributed by atoms with Crippen molar-refractivity contribution in [3.8, 4) is 5.88 Å². The standard InChI is InChI=1S/C13H22BrN5O/c1-20-12-11(14)10-16-13(17-12)19-8-6-18(7-9-19)5-3-2-4-15/h10H,2-9,15H2,1H3. The summed E-state index contributed by atoms with van der Waals surface area (Å²) in [7, 11) is 1.62. The third-order valence-corrected chi connectivity index (χ3v) is 4.02. The summed E-state index contributed by atoms with van der Waals surface area (Å²) in [6.07, 6.45) is 4.03. The molecule has 1 aromatic heterocycles. The van der Waals surface area contributed by atoms with Crippen LogP contribution in [0.25, 0.3) is 0 Å². The van der Waals surface area contributed by atoms with Crippen LogP contribution < -0.4 is 15.4 Å². The van der Waals surface area contributed by atoms with Crippen LogP contribution in [0.2, 0.25) is 0 Å². The van der Waals surface area contributed by atoms with Crippen LogP contribution >= 0.6 is 15.9 Å². The fourth-order valence-corrected chi connectivity index (χ4v) is 2.64. The molecule has 6 nitrogen and oxygen atoms in total. The van der Waals surface area contributed by atoms with E-state index in [-0.39, 0.29) is 0 Å². The molecule has 2 rings (SSSR count). The molecule has 0 spiro atoms. The van der Waals surface area contributed by atoms with Crippen molar-refractivity contribution in [3.63, 3.8) is 0 Å². The molecule has 0 radical (unpaired) electrons. The topological polar surface area (TPSA) is 67.5 Å². The first-order valence-corrected chi connectivity index (χ1v) is 7.78. The number of rotatable bonds is 6. The number of ether oxygens (including phenoxy) is 1. The average molecular weight is 344 g/mol. The second-order valence-electron chi connectivity index (χ2n) is 4.85. The summed E-state index contributed by atoms with van der Waals surface area (Å²) in [4.78, 5) is 13.5. The van der Waals surface area contributed by atoms with Crippen LogP contribution in [0.5, 0.6) is 5.88 Å². The minimum atomic E-state index is 0.584. The molecule has 0 bridgehead atoms. The summed E-state index contributed by atoms with van der Waals surface area (Å²) in [5, 5.41) is 0. The largest absolute Gasteiger partial charge is 0.480 e. The fraction of sp³-hybridized carbons (Fsp3) is 0.692. The van der Waals surface area contributed by atoms with Crippen molar-refractivity contribution >= 4 is 21.9 Å². The smallest absolute Gasteiger partial charge is 0.232 e. The Hall–Kier alpha value is -0.920. The minimum absolute atomic E-state index is 0.584. The molecule has 2 heterocycles. The second kappa shape index (κ2) is 7.75. The molecule has 2 N–H and O–H groups in total. The van der Waals surface area contributed by atoms with E-state index in [9.17, 15) is 0 Å². The molecule has 7 heteroatoms.